The van der Waals surface area contributed by atoms with Gasteiger partial charge in [0.05, 0.1) is 24.9 Å². The number of epoxide rings is 1. The summed E-state index contributed by atoms with van der Waals surface area (Å²) in [5.41, 5.74) is -2.00. The van der Waals surface area contributed by atoms with Gasteiger partial charge in [-0.25, -0.2) is 4.79 Å². The summed E-state index contributed by atoms with van der Waals surface area (Å²) in [6.45, 7) is 7.31. The highest BCUT2D eigenvalue weighted by Crippen LogP contribution is 2.48. The lowest BCUT2D eigenvalue weighted by molar-refractivity contribution is -0.152. The minimum Gasteiger partial charge on any atom is -0.467 e. The maximum atomic E-state index is 12.5. The number of carbonyl (C=O) groups is 3. The van der Waals surface area contributed by atoms with Gasteiger partial charge in [-0.05, 0) is 26.2 Å². The summed E-state index contributed by atoms with van der Waals surface area (Å²) in [6, 6.07) is 0. The number of allylic oxidation sites excluding steroid dienone is 1. The SMILES string of the molecule is C=C(C)[C@@H]1CC(=O)C[C@H]2O[C@](C)(CC2=O)C[C@@H](O)[C@@H]2O[C@]2(C(=O)OC)[C@@H](O)C1. The fraction of sp³-hybridized carbons (Fsp3) is 0.750. The largest absolute Gasteiger partial charge is 0.467 e. The van der Waals surface area contributed by atoms with Crippen molar-refractivity contribution in [2.75, 3.05) is 7.11 Å². The molecule has 0 amide bonds. The molecule has 8 nitrogen and oxygen atoms in total. The number of methoxy groups -OCH3 is 1. The van der Waals surface area contributed by atoms with Crippen molar-refractivity contribution < 1.29 is 38.8 Å². The standard InChI is InChI=1S/C20H28O8/c1-10(2)11-5-12(21)7-15-13(22)8-19(3,27-15)9-14(23)17-20(28-17,16(24)6-11)18(25)26-4/h11,14-17,23-24H,1,5-9H2,2-4H3/t11-,14-,15-,16+,17+,19-,20-/m1/s1. The number of ether oxygens (including phenoxy) is 3. The lowest BCUT2D eigenvalue weighted by Gasteiger charge is -2.27. The summed E-state index contributed by atoms with van der Waals surface area (Å²) >= 11 is 0. The third-order valence-electron chi connectivity index (χ3n) is 6.10. The zero-order chi connectivity index (χ0) is 20.9. The van der Waals surface area contributed by atoms with Gasteiger partial charge in [0.15, 0.2) is 5.78 Å². The molecule has 0 radical (unpaired) electrons. The molecule has 8 heteroatoms. The number of hydrogen-bond acceptors (Lipinski definition) is 8. The molecular formula is C20H28O8. The minimum atomic E-state index is -1.70. The van der Waals surface area contributed by atoms with Crippen molar-refractivity contribution in [3.8, 4) is 0 Å². The van der Waals surface area contributed by atoms with E-state index in [2.05, 4.69) is 6.58 Å². The van der Waals surface area contributed by atoms with Crippen LogP contribution in [0.3, 0.4) is 0 Å². The molecule has 0 aromatic carbocycles. The highest BCUT2D eigenvalue weighted by molar-refractivity contribution is 5.92. The molecule has 28 heavy (non-hydrogen) atoms. The second-order valence-corrected chi connectivity index (χ2v) is 8.54. The van der Waals surface area contributed by atoms with Crippen molar-refractivity contribution in [2.24, 2.45) is 5.92 Å². The number of carbonyl (C=O) groups excluding carboxylic acids is 3. The number of rotatable bonds is 2. The third kappa shape index (κ3) is 3.66. The molecular weight excluding hydrogens is 368 g/mol. The first-order valence-corrected chi connectivity index (χ1v) is 9.52. The Bertz CT molecular complexity index is 702. The van der Waals surface area contributed by atoms with E-state index < -0.39 is 47.5 Å². The Hall–Kier alpha value is -1.61. The first-order chi connectivity index (χ1) is 13.0. The molecule has 2 bridgehead atoms. The molecule has 3 fully saturated rings. The van der Waals surface area contributed by atoms with Crippen LogP contribution in [-0.4, -0.2) is 70.5 Å². The Morgan fingerprint density at radius 3 is 2.54 bits per heavy atom. The van der Waals surface area contributed by atoms with Crippen LogP contribution < -0.4 is 0 Å². The molecule has 0 aromatic heterocycles. The summed E-state index contributed by atoms with van der Waals surface area (Å²) in [7, 11) is 1.18. The minimum absolute atomic E-state index is 0.0312. The first-order valence-electron chi connectivity index (χ1n) is 9.52. The quantitative estimate of drug-likeness (QED) is 0.392. The average Bonchev–Trinajstić information content (AvgIpc) is 3.29. The third-order valence-corrected chi connectivity index (χ3v) is 6.10. The highest BCUT2D eigenvalue weighted by Gasteiger charge is 2.71. The van der Waals surface area contributed by atoms with E-state index in [4.69, 9.17) is 14.2 Å². The van der Waals surface area contributed by atoms with E-state index in [0.29, 0.717) is 5.57 Å². The zero-order valence-corrected chi connectivity index (χ0v) is 16.5. The molecule has 3 heterocycles. The summed E-state index contributed by atoms with van der Waals surface area (Å²) in [5, 5.41) is 21.5. The van der Waals surface area contributed by atoms with Gasteiger partial charge in [0, 0.05) is 25.7 Å². The molecule has 2 N–H and O–H groups in total. The molecule has 3 rings (SSSR count). The van der Waals surface area contributed by atoms with Crippen molar-refractivity contribution in [1.82, 2.24) is 0 Å². The smallest absolute Gasteiger partial charge is 0.343 e. The van der Waals surface area contributed by atoms with Crippen LogP contribution in [0.5, 0.6) is 0 Å². The second-order valence-electron chi connectivity index (χ2n) is 8.54. The van der Waals surface area contributed by atoms with Crippen LogP contribution >= 0.6 is 0 Å². The number of aliphatic hydroxyl groups is 2. The van der Waals surface area contributed by atoms with Gasteiger partial charge in [0.25, 0.3) is 0 Å². The van der Waals surface area contributed by atoms with Crippen molar-refractivity contribution in [3.05, 3.63) is 12.2 Å². The maximum Gasteiger partial charge on any atom is 0.343 e. The average molecular weight is 396 g/mol. The number of aliphatic hydroxyl groups excluding tert-OH is 2. The molecule has 0 aliphatic carbocycles. The number of Topliss-reactive ketones (excluding diaryl/α,β-unsaturated/α-hetero) is 2. The van der Waals surface area contributed by atoms with Gasteiger partial charge < -0.3 is 24.4 Å². The first kappa shape index (κ1) is 21.1. The van der Waals surface area contributed by atoms with Gasteiger partial charge in [-0.15, -0.1) is 0 Å². The van der Waals surface area contributed by atoms with Crippen LogP contribution in [-0.2, 0) is 28.6 Å². The Balaban J connectivity index is 1.95. The number of ketones is 2. The van der Waals surface area contributed by atoms with Gasteiger partial charge in [0.1, 0.15) is 18.0 Å². The zero-order valence-electron chi connectivity index (χ0n) is 16.5. The van der Waals surface area contributed by atoms with Gasteiger partial charge >= 0.3 is 5.97 Å². The van der Waals surface area contributed by atoms with Crippen molar-refractivity contribution in [1.29, 1.82) is 0 Å². The predicted octanol–water partition coefficient (Wildman–Crippen LogP) is 0.471. The van der Waals surface area contributed by atoms with Crippen LogP contribution in [0.2, 0.25) is 0 Å². The fourth-order valence-electron chi connectivity index (χ4n) is 4.50. The molecule has 0 spiro atoms. The monoisotopic (exact) mass is 396 g/mol. The summed E-state index contributed by atoms with van der Waals surface area (Å²) in [6.07, 6.45) is -4.08. The van der Waals surface area contributed by atoms with E-state index in [0.717, 1.165) is 0 Å². The number of esters is 1. The highest BCUT2D eigenvalue weighted by atomic mass is 16.7. The van der Waals surface area contributed by atoms with E-state index in [-0.39, 0.29) is 43.7 Å². The lowest BCUT2D eigenvalue weighted by atomic mass is 9.81. The topological polar surface area (TPSA) is 123 Å². The van der Waals surface area contributed by atoms with Gasteiger partial charge in [0.2, 0.25) is 5.60 Å². The molecule has 156 valence electrons. The second kappa shape index (κ2) is 7.33. The summed E-state index contributed by atoms with van der Waals surface area (Å²) in [4.78, 5) is 37.3. The van der Waals surface area contributed by atoms with E-state index in [1.807, 2.05) is 0 Å². The van der Waals surface area contributed by atoms with Crippen LogP contribution in [0.1, 0.15) is 46.0 Å². The normalized spacial score (nSPS) is 44.0. The number of hydrogen-bond donors (Lipinski definition) is 2. The Labute approximate surface area is 163 Å². The Kier molecular flexibility index (Phi) is 5.53. The number of fused-ring (bicyclic) bond motifs is 3. The van der Waals surface area contributed by atoms with Gasteiger partial charge in [-0.3, -0.25) is 9.59 Å². The molecule has 3 aliphatic rings. The van der Waals surface area contributed by atoms with Crippen LogP contribution in [0.4, 0.5) is 0 Å². The van der Waals surface area contributed by atoms with Crippen molar-refractivity contribution >= 4 is 17.5 Å². The van der Waals surface area contributed by atoms with E-state index in [1.165, 1.54) is 7.11 Å². The van der Waals surface area contributed by atoms with Crippen molar-refractivity contribution in [2.45, 2.75) is 81.6 Å². The Morgan fingerprint density at radius 2 is 1.93 bits per heavy atom. The summed E-state index contributed by atoms with van der Waals surface area (Å²) in [5.74, 6) is -1.54. The molecule has 0 unspecified atom stereocenters. The fourth-order valence-corrected chi connectivity index (χ4v) is 4.50. The van der Waals surface area contributed by atoms with Crippen LogP contribution in [0.25, 0.3) is 0 Å². The molecule has 0 saturated carbocycles. The molecule has 0 aromatic rings. The molecule has 3 aliphatic heterocycles. The van der Waals surface area contributed by atoms with E-state index in [1.54, 1.807) is 13.8 Å². The van der Waals surface area contributed by atoms with Crippen LogP contribution in [0.15, 0.2) is 12.2 Å². The lowest BCUT2D eigenvalue weighted by Crippen LogP contribution is -2.45. The van der Waals surface area contributed by atoms with Crippen molar-refractivity contribution in [3.63, 3.8) is 0 Å². The Morgan fingerprint density at radius 1 is 1.25 bits per heavy atom. The summed E-state index contributed by atoms with van der Waals surface area (Å²) < 4.78 is 16.2. The maximum absolute atomic E-state index is 12.5. The van der Waals surface area contributed by atoms with Gasteiger partial charge in [-0.1, -0.05) is 12.2 Å². The predicted molar refractivity (Wildman–Crippen MR) is 96.3 cm³/mol. The van der Waals surface area contributed by atoms with Gasteiger partial charge in [-0.2, -0.15) is 0 Å². The van der Waals surface area contributed by atoms with E-state index >= 15 is 0 Å². The van der Waals surface area contributed by atoms with E-state index in [9.17, 15) is 24.6 Å². The molecule has 3 saturated heterocycles. The molecule has 7 atom stereocenters. The van der Waals surface area contributed by atoms with Crippen LogP contribution in [0, 0.1) is 5.92 Å².